The van der Waals surface area contributed by atoms with Crippen molar-refractivity contribution in [2.24, 2.45) is 0 Å². The lowest BCUT2D eigenvalue weighted by atomic mass is 9.94. The Hall–Kier alpha value is -3.80. The molecule has 1 saturated heterocycles. The summed E-state index contributed by atoms with van der Waals surface area (Å²) in [4.78, 5) is 27.6. The average molecular weight is 429 g/mol. The van der Waals surface area contributed by atoms with Crippen LogP contribution in [0.25, 0.3) is 5.76 Å². The van der Waals surface area contributed by atoms with E-state index in [4.69, 9.17) is 9.15 Å². The summed E-state index contributed by atoms with van der Waals surface area (Å²) in [7, 11) is 0. The SMILES string of the molecule is CCc1ccc(C2/C(=C(/O)c3ccc4c(c3)CCO4)C(=O)C(=O)N2Cc2ccco2)cc1. The van der Waals surface area contributed by atoms with Crippen LogP contribution in [0, 0.1) is 0 Å². The Morgan fingerprint density at radius 1 is 1.12 bits per heavy atom. The highest BCUT2D eigenvalue weighted by molar-refractivity contribution is 6.46. The van der Waals surface area contributed by atoms with Gasteiger partial charge in [-0.1, -0.05) is 31.2 Å². The maximum Gasteiger partial charge on any atom is 0.296 e. The normalized spacial score (nSPS) is 19.3. The maximum absolute atomic E-state index is 13.1. The molecule has 6 nitrogen and oxygen atoms in total. The van der Waals surface area contributed by atoms with E-state index >= 15 is 0 Å². The van der Waals surface area contributed by atoms with Gasteiger partial charge < -0.3 is 19.2 Å². The molecule has 3 aromatic rings. The number of rotatable bonds is 5. The number of ether oxygens (including phenoxy) is 1. The standard InChI is InChI=1S/C26H23NO5/c1-2-16-5-7-17(8-6-16)23-22(24(28)19-9-10-21-18(14-19)11-13-32-21)25(29)26(30)27(23)15-20-4-3-12-31-20/h3-10,12,14,23,28H,2,11,13,15H2,1H3/b24-22-. The van der Waals surface area contributed by atoms with E-state index in [1.807, 2.05) is 30.3 Å². The van der Waals surface area contributed by atoms with Crippen LogP contribution in [0.4, 0.5) is 0 Å². The fourth-order valence-electron chi connectivity index (χ4n) is 4.39. The Kier molecular flexibility index (Phi) is 5.05. The number of furan rings is 1. The highest BCUT2D eigenvalue weighted by Gasteiger charge is 2.46. The van der Waals surface area contributed by atoms with Crippen LogP contribution in [-0.2, 0) is 29.0 Å². The first kappa shape index (κ1) is 20.1. The van der Waals surface area contributed by atoms with Gasteiger partial charge in [0.2, 0.25) is 0 Å². The molecular weight excluding hydrogens is 406 g/mol. The van der Waals surface area contributed by atoms with Gasteiger partial charge in [-0.3, -0.25) is 9.59 Å². The number of nitrogens with zero attached hydrogens (tertiary/aromatic N) is 1. The molecule has 3 heterocycles. The van der Waals surface area contributed by atoms with Gasteiger partial charge in [0.25, 0.3) is 11.7 Å². The second-order valence-electron chi connectivity index (χ2n) is 8.02. The Labute approximate surface area is 185 Å². The van der Waals surface area contributed by atoms with E-state index in [0.29, 0.717) is 17.9 Å². The van der Waals surface area contributed by atoms with Crippen molar-refractivity contribution in [1.29, 1.82) is 0 Å². The second-order valence-corrected chi connectivity index (χ2v) is 8.02. The van der Waals surface area contributed by atoms with E-state index < -0.39 is 17.7 Å². The summed E-state index contributed by atoms with van der Waals surface area (Å²) >= 11 is 0. The predicted octanol–water partition coefficient (Wildman–Crippen LogP) is 4.40. The lowest BCUT2D eigenvalue weighted by Crippen LogP contribution is -2.29. The molecule has 0 bridgehead atoms. The number of carbonyl (C=O) groups is 2. The Morgan fingerprint density at radius 3 is 2.66 bits per heavy atom. The van der Waals surface area contributed by atoms with E-state index in [1.54, 1.807) is 24.3 Å². The lowest BCUT2D eigenvalue weighted by molar-refractivity contribution is -0.140. The molecule has 1 amide bonds. The van der Waals surface area contributed by atoms with Crippen molar-refractivity contribution in [3.63, 3.8) is 0 Å². The Morgan fingerprint density at radius 2 is 1.94 bits per heavy atom. The van der Waals surface area contributed by atoms with E-state index in [9.17, 15) is 14.7 Å². The average Bonchev–Trinajstić information content (AvgIpc) is 3.55. The number of amides is 1. The first-order chi connectivity index (χ1) is 15.6. The van der Waals surface area contributed by atoms with Gasteiger partial charge in [0, 0.05) is 12.0 Å². The summed E-state index contributed by atoms with van der Waals surface area (Å²) in [5, 5.41) is 11.2. The number of Topliss-reactive ketones (excluding diaryl/α,β-unsaturated/α-hetero) is 1. The van der Waals surface area contributed by atoms with Gasteiger partial charge in [0.1, 0.15) is 17.3 Å². The molecule has 2 aliphatic heterocycles. The molecule has 1 unspecified atom stereocenters. The highest BCUT2D eigenvalue weighted by atomic mass is 16.5. The number of benzene rings is 2. The summed E-state index contributed by atoms with van der Waals surface area (Å²) in [6, 6.07) is 15.9. The largest absolute Gasteiger partial charge is 0.507 e. The van der Waals surface area contributed by atoms with E-state index in [1.165, 1.54) is 11.2 Å². The zero-order chi connectivity index (χ0) is 22.2. The molecule has 1 aromatic heterocycles. The smallest absolute Gasteiger partial charge is 0.296 e. The first-order valence-electron chi connectivity index (χ1n) is 10.7. The fraction of sp³-hybridized carbons (Fsp3) is 0.231. The predicted molar refractivity (Wildman–Crippen MR) is 118 cm³/mol. The molecule has 2 aromatic carbocycles. The summed E-state index contributed by atoms with van der Waals surface area (Å²) in [5.74, 6) is -0.180. The number of aryl methyl sites for hydroxylation is 1. The minimum atomic E-state index is -0.712. The summed E-state index contributed by atoms with van der Waals surface area (Å²) in [5.41, 5.74) is 3.47. The van der Waals surface area contributed by atoms with Gasteiger partial charge in [-0.05, 0) is 53.4 Å². The minimum Gasteiger partial charge on any atom is -0.507 e. The molecule has 1 atom stereocenters. The van der Waals surface area contributed by atoms with E-state index in [-0.39, 0.29) is 17.9 Å². The van der Waals surface area contributed by atoms with Crippen LogP contribution in [0.3, 0.4) is 0 Å². The molecule has 162 valence electrons. The highest BCUT2D eigenvalue weighted by Crippen LogP contribution is 2.41. The molecular formula is C26H23NO5. The van der Waals surface area contributed by atoms with Crippen LogP contribution < -0.4 is 4.74 Å². The zero-order valence-corrected chi connectivity index (χ0v) is 17.7. The van der Waals surface area contributed by atoms with Crippen LogP contribution >= 0.6 is 0 Å². The fourth-order valence-corrected chi connectivity index (χ4v) is 4.39. The molecule has 6 heteroatoms. The van der Waals surface area contributed by atoms with Crippen LogP contribution in [0.15, 0.2) is 70.9 Å². The van der Waals surface area contributed by atoms with Crippen LogP contribution in [0.2, 0.25) is 0 Å². The number of hydrogen-bond acceptors (Lipinski definition) is 5. The number of aliphatic hydroxyl groups is 1. The van der Waals surface area contributed by atoms with Crippen molar-refractivity contribution >= 4 is 17.4 Å². The van der Waals surface area contributed by atoms with Crippen molar-refractivity contribution in [2.75, 3.05) is 6.61 Å². The quantitative estimate of drug-likeness (QED) is 0.369. The van der Waals surface area contributed by atoms with Crippen molar-refractivity contribution in [3.05, 3.63) is 94.4 Å². The molecule has 0 aliphatic carbocycles. The topological polar surface area (TPSA) is 80.0 Å². The molecule has 0 radical (unpaired) electrons. The molecule has 2 aliphatic rings. The summed E-state index contributed by atoms with van der Waals surface area (Å²) in [6.07, 6.45) is 3.15. The molecule has 0 spiro atoms. The minimum absolute atomic E-state index is 0.0877. The molecule has 32 heavy (non-hydrogen) atoms. The molecule has 1 fully saturated rings. The molecule has 5 rings (SSSR count). The van der Waals surface area contributed by atoms with Crippen LogP contribution in [0.1, 0.15) is 41.0 Å². The Bertz CT molecular complexity index is 1210. The van der Waals surface area contributed by atoms with Crippen LogP contribution in [0.5, 0.6) is 5.75 Å². The van der Waals surface area contributed by atoms with Gasteiger partial charge in [-0.2, -0.15) is 0 Å². The van der Waals surface area contributed by atoms with Crippen molar-refractivity contribution < 1.29 is 23.8 Å². The van der Waals surface area contributed by atoms with Crippen molar-refractivity contribution in [3.8, 4) is 5.75 Å². The van der Waals surface area contributed by atoms with Crippen molar-refractivity contribution in [1.82, 2.24) is 4.90 Å². The van der Waals surface area contributed by atoms with Gasteiger partial charge in [-0.15, -0.1) is 0 Å². The number of fused-ring (bicyclic) bond motifs is 1. The van der Waals surface area contributed by atoms with E-state index in [0.717, 1.165) is 35.3 Å². The number of carbonyl (C=O) groups excluding carboxylic acids is 2. The lowest BCUT2D eigenvalue weighted by Gasteiger charge is -2.24. The number of hydrogen-bond donors (Lipinski definition) is 1. The summed E-state index contributed by atoms with van der Waals surface area (Å²) < 4.78 is 11.0. The third-order valence-electron chi connectivity index (χ3n) is 6.11. The van der Waals surface area contributed by atoms with Gasteiger partial charge in [0.15, 0.2) is 0 Å². The third kappa shape index (κ3) is 3.38. The Balaban J connectivity index is 1.63. The zero-order valence-electron chi connectivity index (χ0n) is 17.7. The van der Waals surface area contributed by atoms with E-state index in [2.05, 4.69) is 6.92 Å². The maximum atomic E-state index is 13.1. The first-order valence-corrected chi connectivity index (χ1v) is 10.7. The molecule has 1 N–H and O–H groups in total. The number of likely N-dealkylation sites (tertiary alicyclic amines) is 1. The summed E-state index contributed by atoms with van der Waals surface area (Å²) in [6.45, 7) is 2.79. The molecule has 0 saturated carbocycles. The van der Waals surface area contributed by atoms with Gasteiger partial charge >= 0.3 is 0 Å². The second kappa shape index (κ2) is 8.04. The van der Waals surface area contributed by atoms with Crippen LogP contribution in [-0.4, -0.2) is 28.3 Å². The van der Waals surface area contributed by atoms with Gasteiger partial charge in [-0.25, -0.2) is 0 Å². The third-order valence-corrected chi connectivity index (χ3v) is 6.11. The monoisotopic (exact) mass is 429 g/mol. The van der Waals surface area contributed by atoms with Gasteiger partial charge in [0.05, 0.1) is 31.0 Å². The van der Waals surface area contributed by atoms with Crippen molar-refractivity contribution in [2.45, 2.75) is 32.4 Å². The number of aliphatic hydroxyl groups excluding tert-OH is 1. The number of ketones is 1.